The smallest absolute Gasteiger partial charge is 0.153 e. The number of benzene rings is 1. The average Bonchev–Trinajstić information content (AvgIpc) is 2.35. The van der Waals surface area contributed by atoms with Gasteiger partial charge >= 0.3 is 0 Å². The Balaban J connectivity index is 2.66. The van der Waals surface area contributed by atoms with Gasteiger partial charge in [-0.15, -0.1) is 0 Å². The van der Waals surface area contributed by atoms with Gasteiger partial charge in [0.15, 0.2) is 9.84 Å². The van der Waals surface area contributed by atoms with Crippen LogP contribution in [0.4, 0.5) is 0 Å². The SMILES string of the molecule is CC(C)Oc1ccc(C(C)NCC(C)(C)S(C)(=O)=O)cc1. The Hall–Kier alpha value is -1.07. The van der Waals surface area contributed by atoms with Gasteiger partial charge in [0.25, 0.3) is 0 Å². The first kappa shape index (κ1) is 18.0. The lowest BCUT2D eigenvalue weighted by atomic mass is 10.1. The van der Waals surface area contributed by atoms with Crippen molar-refractivity contribution in [1.82, 2.24) is 5.32 Å². The van der Waals surface area contributed by atoms with Gasteiger partial charge < -0.3 is 10.1 Å². The van der Waals surface area contributed by atoms with Crippen molar-refractivity contribution in [3.63, 3.8) is 0 Å². The minimum Gasteiger partial charge on any atom is -0.491 e. The van der Waals surface area contributed by atoms with Gasteiger partial charge in [-0.05, 0) is 52.3 Å². The first-order valence-corrected chi connectivity index (χ1v) is 9.11. The van der Waals surface area contributed by atoms with Crippen LogP contribution in [0.25, 0.3) is 0 Å². The number of hydrogen-bond donors (Lipinski definition) is 1. The zero-order chi connectivity index (χ0) is 16.3. The van der Waals surface area contributed by atoms with Gasteiger partial charge in [0, 0.05) is 18.8 Å². The number of nitrogens with one attached hydrogen (secondary N) is 1. The Morgan fingerprint density at radius 3 is 2.10 bits per heavy atom. The Morgan fingerprint density at radius 2 is 1.67 bits per heavy atom. The molecule has 21 heavy (non-hydrogen) atoms. The van der Waals surface area contributed by atoms with E-state index in [-0.39, 0.29) is 12.1 Å². The maximum absolute atomic E-state index is 11.7. The molecule has 1 aromatic carbocycles. The first-order valence-electron chi connectivity index (χ1n) is 7.22. The molecule has 5 heteroatoms. The average molecular weight is 313 g/mol. The van der Waals surface area contributed by atoms with E-state index in [1.54, 1.807) is 13.8 Å². The molecule has 0 fully saturated rings. The van der Waals surface area contributed by atoms with Gasteiger partial charge in [0.05, 0.1) is 10.9 Å². The molecule has 0 spiro atoms. The molecule has 0 bridgehead atoms. The molecule has 0 aromatic heterocycles. The molecule has 1 unspecified atom stereocenters. The summed E-state index contributed by atoms with van der Waals surface area (Å²) in [6.07, 6.45) is 1.43. The molecule has 0 amide bonds. The summed E-state index contributed by atoms with van der Waals surface area (Å²) in [5.41, 5.74) is 1.11. The van der Waals surface area contributed by atoms with Crippen molar-refractivity contribution in [2.45, 2.75) is 51.5 Å². The van der Waals surface area contributed by atoms with Crippen molar-refractivity contribution < 1.29 is 13.2 Å². The van der Waals surface area contributed by atoms with E-state index < -0.39 is 14.6 Å². The second-order valence-electron chi connectivity index (χ2n) is 6.37. The van der Waals surface area contributed by atoms with Crippen LogP contribution in [-0.2, 0) is 9.84 Å². The van der Waals surface area contributed by atoms with Crippen molar-refractivity contribution in [3.8, 4) is 5.75 Å². The molecular formula is C16H27NO3S. The number of rotatable bonds is 7. The Kier molecular flexibility index (Phi) is 5.82. The van der Waals surface area contributed by atoms with E-state index in [9.17, 15) is 8.42 Å². The van der Waals surface area contributed by atoms with Crippen molar-refractivity contribution in [2.75, 3.05) is 12.8 Å². The predicted octanol–water partition coefficient (Wildman–Crippen LogP) is 2.95. The maximum Gasteiger partial charge on any atom is 0.153 e. The molecule has 0 aliphatic heterocycles. The van der Waals surface area contributed by atoms with Gasteiger partial charge in [-0.3, -0.25) is 0 Å². The lowest BCUT2D eigenvalue weighted by Crippen LogP contribution is -2.42. The molecule has 0 saturated heterocycles. The molecule has 0 heterocycles. The zero-order valence-electron chi connectivity index (χ0n) is 13.8. The van der Waals surface area contributed by atoms with Crippen LogP contribution in [0.2, 0.25) is 0 Å². The molecule has 1 rings (SSSR count). The van der Waals surface area contributed by atoms with Gasteiger partial charge in [-0.1, -0.05) is 12.1 Å². The highest BCUT2D eigenvalue weighted by Crippen LogP contribution is 2.20. The fourth-order valence-corrected chi connectivity index (χ4v) is 2.10. The fraction of sp³-hybridized carbons (Fsp3) is 0.625. The van der Waals surface area contributed by atoms with Gasteiger partial charge in [0.2, 0.25) is 0 Å². The summed E-state index contributed by atoms with van der Waals surface area (Å²) in [7, 11) is -3.08. The molecule has 4 nitrogen and oxygen atoms in total. The van der Waals surface area contributed by atoms with Crippen molar-refractivity contribution in [2.24, 2.45) is 0 Å². The van der Waals surface area contributed by atoms with E-state index in [1.165, 1.54) is 6.26 Å². The highest BCUT2D eigenvalue weighted by molar-refractivity contribution is 7.92. The normalized spacial score (nSPS) is 14.2. The van der Waals surface area contributed by atoms with E-state index in [0.29, 0.717) is 6.54 Å². The van der Waals surface area contributed by atoms with Crippen molar-refractivity contribution in [3.05, 3.63) is 29.8 Å². The third-order valence-corrected chi connectivity index (χ3v) is 5.74. The lowest BCUT2D eigenvalue weighted by molar-refractivity contribution is 0.242. The van der Waals surface area contributed by atoms with Crippen LogP contribution in [0.3, 0.4) is 0 Å². The molecule has 0 aliphatic carbocycles. The third kappa shape index (κ3) is 5.32. The van der Waals surface area contributed by atoms with E-state index in [0.717, 1.165) is 11.3 Å². The van der Waals surface area contributed by atoms with E-state index in [1.807, 2.05) is 45.0 Å². The van der Waals surface area contributed by atoms with E-state index >= 15 is 0 Å². The molecule has 0 radical (unpaired) electrons. The molecule has 120 valence electrons. The minimum atomic E-state index is -3.08. The van der Waals surface area contributed by atoms with Gasteiger partial charge in [0.1, 0.15) is 5.75 Å². The zero-order valence-corrected chi connectivity index (χ0v) is 14.6. The van der Waals surface area contributed by atoms with Gasteiger partial charge in [-0.2, -0.15) is 0 Å². The van der Waals surface area contributed by atoms with Crippen LogP contribution in [-0.4, -0.2) is 32.1 Å². The second kappa shape index (κ2) is 6.79. The highest BCUT2D eigenvalue weighted by Gasteiger charge is 2.30. The molecule has 1 aromatic rings. The summed E-state index contributed by atoms with van der Waals surface area (Å²) in [6, 6.07) is 7.97. The summed E-state index contributed by atoms with van der Waals surface area (Å²) in [4.78, 5) is 0. The topological polar surface area (TPSA) is 55.4 Å². The maximum atomic E-state index is 11.7. The van der Waals surface area contributed by atoms with Crippen LogP contribution in [0, 0.1) is 0 Å². The Morgan fingerprint density at radius 1 is 1.14 bits per heavy atom. The summed E-state index contributed by atoms with van der Waals surface area (Å²) < 4.78 is 28.2. The van der Waals surface area contributed by atoms with Crippen LogP contribution in [0.5, 0.6) is 5.75 Å². The quantitative estimate of drug-likeness (QED) is 0.841. The largest absolute Gasteiger partial charge is 0.491 e. The van der Waals surface area contributed by atoms with Gasteiger partial charge in [-0.25, -0.2) is 8.42 Å². The number of sulfone groups is 1. The summed E-state index contributed by atoms with van der Waals surface area (Å²) in [6.45, 7) is 9.90. The highest BCUT2D eigenvalue weighted by atomic mass is 32.2. The molecule has 1 N–H and O–H groups in total. The third-order valence-electron chi connectivity index (χ3n) is 3.59. The lowest BCUT2D eigenvalue weighted by Gasteiger charge is -2.25. The predicted molar refractivity (Wildman–Crippen MR) is 87.5 cm³/mol. The van der Waals surface area contributed by atoms with Crippen LogP contribution >= 0.6 is 0 Å². The summed E-state index contributed by atoms with van der Waals surface area (Å²) in [5.74, 6) is 0.845. The molecular weight excluding hydrogens is 286 g/mol. The van der Waals surface area contributed by atoms with E-state index in [4.69, 9.17) is 4.74 Å². The van der Waals surface area contributed by atoms with Crippen LogP contribution in [0.1, 0.15) is 46.2 Å². The monoisotopic (exact) mass is 313 g/mol. The number of hydrogen-bond acceptors (Lipinski definition) is 4. The molecule has 1 atom stereocenters. The minimum absolute atomic E-state index is 0.0825. The summed E-state index contributed by atoms with van der Waals surface area (Å²) in [5, 5.41) is 3.29. The second-order valence-corrected chi connectivity index (χ2v) is 9.02. The Bertz CT molecular complexity index is 547. The van der Waals surface area contributed by atoms with E-state index in [2.05, 4.69) is 5.32 Å². The standard InChI is InChI=1S/C16H27NO3S/c1-12(2)20-15-9-7-14(8-10-15)13(3)17-11-16(4,5)21(6,18)19/h7-10,12-13,17H,11H2,1-6H3. The van der Waals surface area contributed by atoms with Crippen LogP contribution in [0.15, 0.2) is 24.3 Å². The summed E-state index contributed by atoms with van der Waals surface area (Å²) >= 11 is 0. The molecule has 0 aliphatic rings. The fourth-order valence-electron chi connectivity index (χ4n) is 1.76. The van der Waals surface area contributed by atoms with Crippen molar-refractivity contribution >= 4 is 9.84 Å². The molecule has 0 saturated carbocycles. The van der Waals surface area contributed by atoms with Crippen LogP contribution < -0.4 is 10.1 Å². The Labute approximate surface area is 128 Å². The number of ether oxygens (including phenoxy) is 1. The first-order chi connectivity index (χ1) is 9.53. The van der Waals surface area contributed by atoms with Crippen molar-refractivity contribution in [1.29, 1.82) is 0 Å².